The molecule has 39 heavy (non-hydrogen) atoms. The number of amides is 2. The summed E-state index contributed by atoms with van der Waals surface area (Å²) in [4.78, 5) is 26.7. The summed E-state index contributed by atoms with van der Waals surface area (Å²) in [6.07, 6.45) is 5.88. The van der Waals surface area contributed by atoms with Crippen LogP contribution in [-0.4, -0.2) is 39.8 Å². The maximum Gasteiger partial charge on any atom is 0.268 e. The number of nitrogens with one attached hydrogen (secondary N) is 4. The van der Waals surface area contributed by atoms with Gasteiger partial charge in [-0.3, -0.25) is 15.0 Å². The van der Waals surface area contributed by atoms with Crippen molar-refractivity contribution >= 4 is 51.9 Å². The molecule has 1 aromatic heterocycles. The molecule has 0 saturated heterocycles. The average Bonchev–Trinajstić information content (AvgIpc) is 3.25. The summed E-state index contributed by atoms with van der Waals surface area (Å²) >= 11 is 5.33. The standard InChI is InChI=1S/C30H38N6O2S/c1-20(2)17-23(19-31-35-30(39)33-22-12-5-4-6-13-22)32-28(37)24-14-8-9-15-25(24)34-29(38)27-18-21-11-7-10-16-26(21)36(27)3/h4-7,10-13,16,18-20,23-25H,8-9,14-15,17H2,1-3H3,(H,32,37)(H,34,38)(H2,33,35,39)/t23?,24-,25+/m1/s1. The molecule has 0 radical (unpaired) electrons. The number of hydrazone groups is 1. The summed E-state index contributed by atoms with van der Waals surface area (Å²) in [7, 11) is 1.90. The fraction of sp³-hybridized carbons (Fsp3) is 0.400. The Bertz CT molecular complexity index is 1320. The van der Waals surface area contributed by atoms with Crippen LogP contribution in [0.1, 0.15) is 56.4 Å². The Balaban J connectivity index is 1.38. The molecule has 1 heterocycles. The van der Waals surface area contributed by atoms with E-state index in [1.54, 1.807) is 6.21 Å². The Hall–Kier alpha value is -3.72. The number of para-hydroxylation sites is 2. The lowest BCUT2D eigenvalue weighted by Crippen LogP contribution is -2.51. The van der Waals surface area contributed by atoms with Crippen LogP contribution < -0.4 is 21.4 Å². The number of aromatic nitrogens is 1. The predicted molar refractivity (Wildman–Crippen MR) is 162 cm³/mol. The van der Waals surface area contributed by atoms with Crippen LogP contribution in [0.5, 0.6) is 0 Å². The fourth-order valence-electron chi connectivity index (χ4n) is 5.19. The van der Waals surface area contributed by atoms with Gasteiger partial charge in [0.05, 0.1) is 12.0 Å². The lowest BCUT2D eigenvalue weighted by Gasteiger charge is -2.32. The number of carbonyl (C=O) groups excluding carboxylic acids is 2. The Morgan fingerprint density at radius 2 is 1.79 bits per heavy atom. The SMILES string of the molecule is CC(C)CC(C=NNC(=S)Nc1ccccc1)NC(=O)[C@@H]1CCCC[C@@H]1NC(=O)c1cc2ccccc2n1C. The van der Waals surface area contributed by atoms with E-state index in [-0.39, 0.29) is 29.8 Å². The van der Waals surface area contributed by atoms with E-state index in [0.717, 1.165) is 48.7 Å². The van der Waals surface area contributed by atoms with E-state index in [1.165, 1.54) is 0 Å². The molecule has 4 N–H and O–H groups in total. The van der Waals surface area contributed by atoms with Crippen molar-refractivity contribution < 1.29 is 9.59 Å². The number of fused-ring (bicyclic) bond motifs is 1. The zero-order valence-electron chi connectivity index (χ0n) is 22.8. The Labute approximate surface area is 235 Å². The molecule has 0 aliphatic heterocycles. The molecule has 1 saturated carbocycles. The average molecular weight is 547 g/mol. The number of hydrogen-bond donors (Lipinski definition) is 4. The Morgan fingerprint density at radius 1 is 1.08 bits per heavy atom. The van der Waals surface area contributed by atoms with Crippen molar-refractivity contribution in [2.45, 2.75) is 58.0 Å². The second-order valence-electron chi connectivity index (χ2n) is 10.6. The van der Waals surface area contributed by atoms with Crippen LogP contribution in [0.15, 0.2) is 65.8 Å². The molecule has 0 spiro atoms. The second kappa shape index (κ2) is 13.4. The molecule has 1 aliphatic carbocycles. The topological polar surface area (TPSA) is 99.6 Å². The predicted octanol–water partition coefficient (Wildman–Crippen LogP) is 4.97. The number of rotatable bonds is 9. The van der Waals surface area contributed by atoms with Crippen LogP contribution >= 0.6 is 12.2 Å². The minimum Gasteiger partial charge on any atom is -0.348 e. The Morgan fingerprint density at radius 3 is 2.54 bits per heavy atom. The van der Waals surface area contributed by atoms with Crippen LogP contribution in [0.4, 0.5) is 5.69 Å². The van der Waals surface area contributed by atoms with Gasteiger partial charge in [-0.25, -0.2) is 0 Å². The third-order valence-corrected chi connectivity index (χ3v) is 7.30. The maximum atomic E-state index is 13.5. The van der Waals surface area contributed by atoms with E-state index in [4.69, 9.17) is 12.2 Å². The lowest BCUT2D eigenvalue weighted by atomic mass is 9.83. The van der Waals surface area contributed by atoms with E-state index in [2.05, 4.69) is 40.3 Å². The summed E-state index contributed by atoms with van der Waals surface area (Å²) in [6.45, 7) is 4.21. The second-order valence-corrected chi connectivity index (χ2v) is 11.0. The largest absolute Gasteiger partial charge is 0.348 e. The van der Waals surface area contributed by atoms with Gasteiger partial charge in [-0.2, -0.15) is 5.10 Å². The van der Waals surface area contributed by atoms with E-state index in [0.29, 0.717) is 16.7 Å². The van der Waals surface area contributed by atoms with Crippen molar-refractivity contribution in [1.29, 1.82) is 0 Å². The zero-order valence-corrected chi connectivity index (χ0v) is 23.6. The van der Waals surface area contributed by atoms with Gasteiger partial charge in [0.25, 0.3) is 5.91 Å². The van der Waals surface area contributed by atoms with Crippen LogP contribution in [0.25, 0.3) is 10.9 Å². The molecule has 206 valence electrons. The third kappa shape index (κ3) is 7.66. The molecule has 1 aliphatic rings. The normalized spacial score (nSPS) is 18.2. The first-order valence-electron chi connectivity index (χ1n) is 13.6. The maximum absolute atomic E-state index is 13.5. The Kier molecular flexibility index (Phi) is 9.70. The monoisotopic (exact) mass is 546 g/mol. The smallest absolute Gasteiger partial charge is 0.268 e. The molecular formula is C30H38N6O2S. The minimum atomic E-state index is -0.297. The van der Waals surface area contributed by atoms with Gasteiger partial charge in [0, 0.05) is 35.9 Å². The molecule has 1 fully saturated rings. The van der Waals surface area contributed by atoms with Crippen molar-refractivity contribution in [1.82, 2.24) is 20.6 Å². The first-order valence-corrected chi connectivity index (χ1v) is 14.0. The number of anilines is 1. The van der Waals surface area contributed by atoms with Crippen molar-refractivity contribution in [3.8, 4) is 0 Å². The van der Waals surface area contributed by atoms with Gasteiger partial charge in [0.2, 0.25) is 5.91 Å². The van der Waals surface area contributed by atoms with Crippen molar-refractivity contribution in [2.75, 3.05) is 5.32 Å². The summed E-state index contributed by atoms with van der Waals surface area (Å²) in [5.41, 5.74) is 5.30. The summed E-state index contributed by atoms with van der Waals surface area (Å²) in [5, 5.41) is 15.1. The van der Waals surface area contributed by atoms with Crippen molar-refractivity contribution in [3.63, 3.8) is 0 Å². The minimum absolute atomic E-state index is 0.0564. The summed E-state index contributed by atoms with van der Waals surface area (Å²) in [5.74, 6) is -0.153. The molecule has 4 rings (SSSR count). The number of benzene rings is 2. The molecule has 8 nitrogen and oxygen atoms in total. The first-order chi connectivity index (χ1) is 18.8. The number of carbonyl (C=O) groups is 2. The van der Waals surface area contributed by atoms with Crippen LogP contribution in [0.3, 0.4) is 0 Å². The zero-order chi connectivity index (χ0) is 27.8. The molecule has 2 aromatic carbocycles. The molecule has 2 amide bonds. The van der Waals surface area contributed by atoms with E-state index < -0.39 is 0 Å². The van der Waals surface area contributed by atoms with Crippen molar-refractivity contribution in [2.24, 2.45) is 24.0 Å². The molecule has 0 bridgehead atoms. The first kappa shape index (κ1) is 28.3. The van der Waals surface area contributed by atoms with Gasteiger partial charge in [-0.05, 0) is 61.7 Å². The van der Waals surface area contributed by atoms with Gasteiger partial charge >= 0.3 is 0 Å². The van der Waals surface area contributed by atoms with Gasteiger partial charge in [0.15, 0.2) is 5.11 Å². The van der Waals surface area contributed by atoms with Gasteiger partial charge in [-0.1, -0.05) is 63.1 Å². The van der Waals surface area contributed by atoms with E-state index in [1.807, 2.05) is 72.3 Å². The van der Waals surface area contributed by atoms with Crippen LogP contribution in [-0.2, 0) is 11.8 Å². The molecule has 9 heteroatoms. The number of thiocarbonyl (C=S) groups is 1. The van der Waals surface area contributed by atoms with Crippen LogP contribution in [0, 0.1) is 11.8 Å². The summed E-state index contributed by atoms with van der Waals surface area (Å²) in [6, 6.07) is 19.0. The summed E-state index contributed by atoms with van der Waals surface area (Å²) < 4.78 is 1.90. The number of hydrogen-bond acceptors (Lipinski definition) is 4. The van der Waals surface area contributed by atoms with Crippen LogP contribution in [0.2, 0.25) is 0 Å². The highest BCUT2D eigenvalue weighted by atomic mass is 32.1. The van der Waals surface area contributed by atoms with Crippen molar-refractivity contribution in [3.05, 3.63) is 66.4 Å². The number of aryl methyl sites for hydroxylation is 1. The third-order valence-electron chi connectivity index (χ3n) is 7.11. The molecular weight excluding hydrogens is 508 g/mol. The molecule has 3 atom stereocenters. The van der Waals surface area contributed by atoms with Gasteiger partial charge in [0.1, 0.15) is 5.69 Å². The fourth-order valence-corrected chi connectivity index (χ4v) is 5.36. The highest BCUT2D eigenvalue weighted by molar-refractivity contribution is 7.80. The van der Waals surface area contributed by atoms with E-state index >= 15 is 0 Å². The van der Waals surface area contributed by atoms with Gasteiger partial charge in [-0.15, -0.1) is 0 Å². The molecule has 1 unspecified atom stereocenters. The highest BCUT2D eigenvalue weighted by Gasteiger charge is 2.33. The lowest BCUT2D eigenvalue weighted by molar-refractivity contribution is -0.127. The number of nitrogens with zero attached hydrogens (tertiary/aromatic N) is 2. The van der Waals surface area contributed by atoms with Gasteiger partial charge < -0.3 is 20.5 Å². The van der Waals surface area contributed by atoms with E-state index in [9.17, 15) is 9.59 Å². The molecule has 3 aromatic rings. The highest BCUT2D eigenvalue weighted by Crippen LogP contribution is 2.26. The quantitative estimate of drug-likeness (QED) is 0.173.